The van der Waals surface area contributed by atoms with Crippen molar-refractivity contribution in [2.24, 2.45) is 5.92 Å². The first-order valence-electron chi connectivity index (χ1n) is 10.0. The zero-order valence-electron chi connectivity index (χ0n) is 17.1. The molecule has 3 rings (SSSR count). The lowest BCUT2D eigenvalue weighted by Crippen LogP contribution is -2.30. The molecule has 0 atom stereocenters. The van der Waals surface area contributed by atoms with Crippen LogP contribution in [0.3, 0.4) is 0 Å². The third-order valence-electron chi connectivity index (χ3n) is 4.80. The fourth-order valence-corrected chi connectivity index (χ4v) is 3.30. The molecule has 0 unspecified atom stereocenters. The topological polar surface area (TPSA) is 73.5 Å². The molecule has 160 valence electrons. The maximum atomic E-state index is 13.8. The maximum Gasteiger partial charge on any atom is 0.323 e. The summed E-state index contributed by atoms with van der Waals surface area (Å²) < 4.78 is 26.8. The lowest BCUT2D eigenvalue weighted by atomic mass is 10.1. The number of hydrogen-bond acceptors (Lipinski definition) is 3. The van der Waals surface area contributed by atoms with Crippen LogP contribution in [0.25, 0.3) is 0 Å². The van der Waals surface area contributed by atoms with Crippen LogP contribution < -0.4 is 20.9 Å². The van der Waals surface area contributed by atoms with Gasteiger partial charge in [-0.2, -0.15) is 0 Å². The lowest BCUT2D eigenvalue weighted by Gasteiger charge is -2.22. The molecule has 1 aliphatic heterocycles. The second kappa shape index (κ2) is 9.56. The van der Waals surface area contributed by atoms with Gasteiger partial charge >= 0.3 is 6.03 Å². The summed E-state index contributed by atoms with van der Waals surface area (Å²) >= 11 is 0. The minimum absolute atomic E-state index is 0.141. The van der Waals surface area contributed by atoms with Crippen molar-refractivity contribution < 1.29 is 18.4 Å². The predicted molar refractivity (Wildman–Crippen MR) is 114 cm³/mol. The van der Waals surface area contributed by atoms with E-state index in [1.807, 2.05) is 19.9 Å². The number of halogens is 2. The summed E-state index contributed by atoms with van der Waals surface area (Å²) in [6, 6.07) is 7.33. The maximum absolute atomic E-state index is 13.8. The minimum Gasteiger partial charge on any atom is -0.371 e. The van der Waals surface area contributed by atoms with E-state index in [0.717, 1.165) is 43.8 Å². The van der Waals surface area contributed by atoms with E-state index in [1.165, 1.54) is 0 Å². The molecule has 2 aromatic rings. The molecule has 0 aliphatic carbocycles. The largest absolute Gasteiger partial charge is 0.371 e. The molecule has 1 fully saturated rings. The number of urea groups is 1. The van der Waals surface area contributed by atoms with Gasteiger partial charge in [0.1, 0.15) is 11.6 Å². The molecule has 30 heavy (non-hydrogen) atoms. The standard InChI is InChI=1S/C22H26F2N4O2/c1-14(2)13-25-21(29)17-12-16(6-8-20(17)28-9-3-4-10-28)26-22(30)27-19-7-5-15(23)11-18(19)24/h5-8,11-12,14H,3-4,9-10,13H2,1-2H3,(H,25,29)(H2,26,27,30). The van der Waals surface area contributed by atoms with Gasteiger partial charge in [-0.15, -0.1) is 0 Å². The van der Waals surface area contributed by atoms with Crippen LogP contribution in [0.2, 0.25) is 0 Å². The third kappa shape index (κ3) is 5.46. The van der Waals surface area contributed by atoms with Crippen LogP contribution in [0, 0.1) is 17.6 Å². The van der Waals surface area contributed by atoms with E-state index in [9.17, 15) is 18.4 Å². The number of rotatable bonds is 6. The van der Waals surface area contributed by atoms with Crippen molar-refractivity contribution in [3.05, 3.63) is 53.6 Å². The Bertz CT molecular complexity index is 927. The fraction of sp³-hybridized carbons (Fsp3) is 0.364. The molecule has 1 aliphatic rings. The van der Waals surface area contributed by atoms with E-state index in [1.54, 1.807) is 12.1 Å². The first-order valence-corrected chi connectivity index (χ1v) is 10.0. The highest BCUT2D eigenvalue weighted by molar-refractivity contribution is 6.04. The summed E-state index contributed by atoms with van der Waals surface area (Å²) in [5.41, 5.74) is 1.55. The summed E-state index contributed by atoms with van der Waals surface area (Å²) in [6.07, 6.45) is 2.14. The van der Waals surface area contributed by atoms with E-state index in [0.29, 0.717) is 29.8 Å². The van der Waals surface area contributed by atoms with Gasteiger partial charge in [-0.1, -0.05) is 13.8 Å². The normalized spacial score (nSPS) is 13.4. The number of carbonyl (C=O) groups excluding carboxylic acids is 2. The average Bonchev–Trinajstić information content (AvgIpc) is 3.23. The summed E-state index contributed by atoms with van der Waals surface area (Å²) in [4.78, 5) is 27.2. The fourth-order valence-electron chi connectivity index (χ4n) is 3.30. The third-order valence-corrected chi connectivity index (χ3v) is 4.80. The molecule has 0 radical (unpaired) electrons. The van der Waals surface area contributed by atoms with E-state index in [4.69, 9.17) is 0 Å². The first kappa shape index (κ1) is 21.5. The molecular weight excluding hydrogens is 390 g/mol. The Hall–Kier alpha value is -3.16. The number of nitrogens with zero attached hydrogens (tertiary/aromatic N) is 1. The van der Waals surface area contributed by atoms with Crippen LogP contribution >= 0.6 is 0 Å². The van der Waals surface area contributed by atoms with Gasteiger partial charge in [0.15, 0.2) is 0 Å². The number of nitrogens with one attached hydrogen (secondary N) is 3. The molecule has 0 saturated carbocycles. The van der Waals surface area contributed by atoms with Crippen LogP contribution in [0.5, 0.6) is 0 Å². The smallest absolute Gasteiger partial charge is 0.323 e. The Morgan fingerprint density at radius 2 is 1.77 bits per heavy atom. The van der Waals surface area contributed by atoms with Crippen molar-refractivity contribution >= 4 is 29.0 Å². The van der Waals surface area contributed by atoms with Crippen molar-refractivity contribution in [3.8, 4) is 0 Å². The second-order valence-electron chi connectivity index (χ2n) is 7.73. The molecular formula is C22H26F2N4O2. The number of anilines is 3. The summed E-state index contributed by atoms with van der Waals surface area (Å²) in [5.74, 6) is -1.50. The van der Waals surface area contributed by atoms with Gasteiger partial charge < -0.3 is 20.9 Å². The van der Waals surface area contributed by atoms with Crippen molar-refractivity contribution in [2.75, 3.05) is 35.2 Å². The Kier molecular flexibility index (Phi) is 6.87. The van der Waals surface area contributed by atoms with Crippen LogP contribution in [0.1, 0.15) is 37.0 Å². The predicted octanol–water partition coefficient (Wildman–Crippen LogP) is 4.59. The highest BCUT2D eigenvalue weighted by Crippen LogP contribution is 2.28. The van der Waals surface area contributed by atoms with E-state index >= 15 is 0 Å². The van der Waals surface area contributed by atoms with Gasteiger partial charge in [-0.25, -0.2) is 13.6 Å². The van der Waals surface area contributed by atoms with Crippen LogP contribution in [0.4, 0.5) is 30.6 Å². The molecule has 1 heterocycles. The van der Waals surface area contributed by atoms with Crippen LogP contribution in [-0.2, 0) is 0 Å². The van der Waals surface area contributed by atoms with Crippen molar-refractivity contribution in [1.82, 2.24) is 5.32 Å². The van der Waals surface area contributed by atoms with Crippen molar-refractivity contribution in [2.45, 2.75) is 26.7 Å². The van der Waals surface area contributed by atoms with Crippen LogP contribution in [-0.4, -0.2) is 31.6 Å². The molecule has 0 spiro atoms. The van der Waals surface area contributed by atoms with Gasteiger partial charge in [0.2, 0.25) is 0 Å². The molecule has 6 nitrogen and oxygen atoms in total. The highest BCUT2D eigenvalue weighted by atomic mass is 19.1. The quantitative estimate of drug-likeness (QED) is 0.645. The van der Waals surface area contributed by atoms with E-state index in [2.05, 4.69) is 20.9 Å². The van der Waals surface area contributed by atoms with Crippen LogP contribution in [0.15, 0.2) is 36.4 Å². The average molecular weight is 416 g/mol. The number of benzene rings is 2. The summed E-state index contributed by atoms with van der Waals surface area (Å²) in [7, 11) is 0. The Labute approximate surface area is 174 Å². The molecule has 1 saturated heterocycles. The second-order valence-corrected chi connectivity index (χ2v) is 7.73. The molecule has 3 N–H and O–H groups in total. The number of hydrogen-bond donors (Lipinski definition) is 3. The molecule has 3 amide bonds. The van der Waals surface area contributed by atoms with Crippen molar-refractivity contribution in [3.63, 3.8) is 0 Å². The van der Waals surface area contributed by atoms with E-state index in [-0.39, 0.29) is 11.6 Å². The molecule has 0 bridgehead atoms. The number of carbonyl (C=O) groups is 2. The zero-order chi connectivity index (χ0) is 21.7. The lowest BCUT2D eigenvalue weighted by molar-refractivity contribution is 0.0949. The summed E-state index contributed by atoms with van der Waals surface area (Å²) in [6.45, 7) is 6.32. The minimum atomic E-state index is -0.872. The molecule has 2 aromatic carbocycles. The SMILES string of the molecule is CC(C)CNC(=O)c1cc(NC(=O)Nc2ccc(F)cc2F)ccc1N1CCCC1. The zero-order valence-corrected chi connectivity index (χ0v) is 17.1. The Morgan fingerprint density at radius 3 is 2.43 bits per heavy atom. The number of amides is 3. The van der Waals surface area contributed by atoms with Gasteiger partial charge in [0, 0.05) is 37.1 Å². The Morgan fingerprint density at radius 1 is 1.03 bits per heavy atom. The van der Waals surface area contributed by atoms with Gasteiger partial charge in [0.25, 0.3) is 5.91 Å². The summed E-state index contributed by atoms with van der Waals surface area (Å²) in [5, 5.41) is 7.86. The highest BCUT2D eigenvalue weighted by Gasteiger charge is 2.20. The van der Waals surface area contributed by atoms with Crippen molar-refractivity contribution in [1.29, 1.82) is 0 Å². The van der Waals surface area contributed by atoms with Gasteiger partial charge in [0.05, 0.1) is 11.3 Å². The van der Waals surface area contributed by atoms with Gasteiger partial charge in [-0.3, -0.25) is 4.79 Å². The molecule has 8 heteroatoms. The molecule has 0 aromatic heterocycles. The monoisotopic (exact) mass is 416 g/mol. The van der Waals surface area contributed by atoms with E-state index < -0.39 is 17.7 Å². The Balaban J connectivity index is 1.78. The first-order chi connectivity index (χ1) is 14.3. The van der Waals surface area contributed by atoms with Gasteiger partial charge in [-0.05, 0) is 49.1 Å².